The van der Waals surface area contributed by atoms with Gasteiger partial charge in [0.1, 0.15) is 6.26 Å². The summed E-state index contributed by atoms with van der Waals surface area (Å²) in [7, 11) is 1.91. The van der Waals surface area contributed by atoms with Crippen LogP contribution >= 0.6 is 0 Å². The molecule has 1 atom stereocenters. The largest absolute Gasteiger partial charge is 0.431 e. The highest BCUT2D eigenvalue weighted by Gasteiger charge is 2.25. The van der Waals surface area contributed by atoms with Gasteiger partial charge in [0.2, 0.25) is 0 Å². The number of aromatic nitrogens is 3. The highest BCUT2D eigenvalue weighted by molar-refractivity contribution is 6.06. The van der Waals surface area contributed by atoms with Crippen LogP contribution < -0.4 is 15.1 Å². The summed E-state index contributed by atoms with van der Waals surface area (Å²) in [6.45, 7) is 6.02. The fourth-order valence-electron chi connectivity index (χ4n) is 4.49. The molecule has 8 heteroatoms. The summed E-state index contributed by atoms with van der Waals surface area (Å²) in [4.78, 5) is 21.9. The van der Waals surface area contributed by atoms with Gasteiger partial charge in [0, 0.05) is 44.8 Å². The molecule has 2 aromatic heterocycles. The molecule has 2 aliphatic rings. The van der Waals surface area contributed by atoms with Crippen molar-refractivity contribution in [2.75, 3.05) is 41.3 Å². The Balaban J connectivity index is 1.42. The Morgan fingerprint density at radius 3 is 2.77 bits per heavy atom. The first-order valence-electron chi connectivity index (χ1n) is 10.8. The zero-order valence-electron chi connectivity index (χ0n) is 17.6. The Morgan fingerprint density at radius 1 is 1.17 bits per heavy atom. The van der Waals surface area contributed by atoms with E-state index in [1.165, 1.54) is 12.7 Å². The summed E-state index contributed by atoms with van der Waals surface area (Å²) >= 11 is 0. The highest BCUT2D eigenvalue weighted by atomic mass is 16.4. The maximum Gasteiger partial charge on any atom is 0.297 e. The number of rotatable bonds is 4. The fourth-order valence-corrected chi connectivity index (χ4v) is 4.49. The van der Waals surface area contributed by atoms with Crippen LogP contribution in [0.4, 0.5) is 17.4 Å². The van der Waals surface area contributed by atoms with Crippen molar-refractivity contribution in [2.45, 2.75) is 32.6 Å². The number of carbonyl (C=O) groups excluding carboxylic acids is 1. The molecule has 1 unspecified atom stereocenters. The van der Waals surface area contributed by atoms with Crippen molar-refractivity contribution in [1.82, 2.24) is 14.8 Å². The fraction of sp³-hybridized carbons (Fsp3) is 0.500. The monoisotopic (exact) mass is 408 g/mol. The molecule has 1 aromatic carbocycles. The van der Waals surface area contributed by atoms with Crippen LogP contribution in [-0.4, -0.2) is 46.9 Å². The number of hydrogen-bond acceptors (Lipinski definition) is 6. The first-order chi connectivity index (χ1) is 14.6. The molecule has 4 heterocycles. The number of nitrogens with zero attached hydrogens (tertiary/aromatic N) is 5. The van der Waals surface area contributed by atoms with E-state index in [1.807, 2.05) is 19.3 Å². The van der Waals surface area contributed by atoms with E-state index >= 15 is 0 Å². The Bertz CT molecular complexity index is 1060. The minimum absolute atomic E-state index is 0.251. The van der Waals surface area contributed by atoms with E-state index in [9.17, 15) is 4.79 Å². The number of hydrogen-bond donors (Lipinski definition) is 1. The van der Waals surface area contributed by atoms with Crippen LogP contribution in [0, 0.1) is 5.92 Å². The van der Waals surface area contributed by atoms with Crippen LogP contribution in [0.2, 0.25) is 0 Å². The highest BCUT2D eigenvalue weighted by Crippen LogP contribution is 2.33. The molecule has 0 radical (unpaired) electrons. The zero-order valence-corrected chi connectivity index (χ0v) is 17.6. The summed E-state index contributed by atoms with van der Waals surface area (Å²) in [6, 6.07) is 4.62. The minimum atomic E-state index is -0.251. The second kappa shape index (κ2) is 7.66. The van der Waals surface area contributed by atoms with E-state index in [0.717, 1.165) is 67.7 Å². The SMILES string of the molecule is CC1CCN(c2nc(C(=O)Nc3cc4cn(C)nc4cc3N3CCCCC3)co2)C1. The van der Waals surface area contributed by atoms with Crippen molar-refractivity contribution in [3.05, 3.63) is 30.3 Å². The lowest BCUT2D eigenvalue weighted by atomic mass is 10.1. The van der Waals surface area contributed by atoms with Crippen molar-refractivity contribution < 1.29 is 9.21 Å². The molecule has 2 fully saturated rings. The molecule has 1 amide bonds. The number of benzene rings is 1. The number of anilines is 3. The number of oxazole rings is 1. The number of amides is 1. The quantitative estimate of drug-likeness (QED) is 0.710. The first kappa shape index (κ1) is 19.0. The lowest BCUT2D eigenvalue weighted by Gasteiger charge is -2.30. The predicted molar refractivity (Wildman–Crippen MR) is 117 cm³/mol. The Hall–Kier alpha value is -3.03. The molecule has 2 saturated heterocycles. The van der Waals surface area contributed by atoms with Crippen molar-refractivity contribution in [3.8, 4) is 0 Å². The van der Waals surface area contributed by atoms with E-state index in [0.29, 0.717) is 17.6 Å². The minimum Gasteiger partial charge on any atom is -0.431 e. The summed E-state index contributed by atoms with van der Waals surface area (Å²) in [5.74, 6) is 0.367. The van der Waals surface area contributed by atoms with Crippen LogP contribution in [0.5, 0.6) is 0 Å². The lowest BCUT2D eigenvalue weighted by Crippen LogP contribution is -2.30. The third-order valence-electron chi connectivity index (χ3n) is 6.10. The first-order valence-corrected chi connectivity index (χ1v) is 10.8. The second-order valence-corrected chi connectivity index (χ2v) is 8.59. The third kappa shape index (κ3) is 3.62. The summed E-state index contributed by atoms with van der Waals surface area (Å²) < 4.78 is 7.41. The normalized spacial score (nSPS) is 19.6. The van der Waals surface area contributed by atoms with Crippen molar-refractivity contribution in [2.24, 2.45) is 13.0 Å². The molecular formula is C22H28N6O2. The molecule has 3 aromatic rings. The van der Waals surface area contributed by atoms with Crippen LogP contribution in [0.3, 0.4) is 0 Å². The van der Waals surface area contributed by atoms with Crippen molar-refractivity contribution >= 4 is 34.2 Å². The average molecular weight is 409 g/mol. The molecule has 0 saturated carbocycles. The van der Waals surface area contributed by atoms with Gasteiger partial charge >= 0.3 is 0 Å². The zero-order chi connectivity index (χ0) is 20.7. The summed E-state index contributed by atoms with van der Waals surface area (Å²) in [6.07, 6.45) is 8.11. The standard InChI is InChI=1S/C22H28N6O2/c1-15-6-9-28(12-15)22-24-19(14-30-22)21(29)23-18-10-16-13-26(2)25-17(16)11-20(18)27-7-4-3-5-8-27/h10-11,13-15H,3-9,12H2,1-2H3,(H,23,29). The molecule has 0 aliphatic carbocycles. The van der Waals surface area contributed by atoms with Crippen molar-refractivity contribution in [1.29, 1.82) is 0 Å². The number of piperidine rings is 1. The molecular weight excluding hydrogens is 380 g/mol. The van der Waals surface area contributed by atoms with E-state index in [-0.39, 0.29) is 5.91 Å². The van der Waals surface area contributed by atoms with Gasteiger partial charge in [0.25, 0.3) is 11.9 Å². The lowest BCUT2D eigenvalue weighted by molar-refractivity contribution is 0.102. The summed E-state index contributed by atoms with van der Waals surface area (Å²) in [5, 5.41) is 8.63. The van der Waals surface area contributed by atoms with E-state index < -0.39 is 0 Å². The van der Waals surface area contributed by atoms with Gasteiger partial charge in [-0.05, 0) is 43.7 Å². The molecule has 30 heavy (non-hydrogen) atoms. The number of nitrogens with one attached hydrogen (secondary N) is 1. The predicted octanol–water partition coefficient (Wildman–Crippen LogP) is 3.65. The molecule has 0 spiro atoms. The van der Waals surface area contributed by atoms with Crippen LogP contribution in [-0.2, 0) is 7.05 Å². The van der Waals surface area contributed by atoms with Gasteiger partial charge in [-0.3, -0.25) is 9.48 Å². The van der Waals surface area contributed by atoms with Gasteiger partial charge in [-0.15, -0.1) is 0 Å². The van der Waals surface area contributed by atoms with Gasteiger partial charge in [-0.1, -0.05) is 6.92 Å². The topological polar surface area (TPSA) is 79.4 Å². The maximum absolute atomic E-state index is 13.0. The third-order valence-corrected chi connectivity index (χ3v) is 6.10. The molecule has 5 rings (SSSR count). The van der Waals surface area contributed by atoms with Gasteiger partial charge in [-0.2, -0.15) is 10.1 Å². The van der Waals surface area contributed by atoms with Gasteiger partial charge in [-0.25, -0.2) is 0 Å². The molecule has 158 valence electrons. The average Bonchev–Trinajstić information content (AvgIpc) is 3.46. The van der Waals surface area contributed by atoms with E-state index in [4.69, 9.17) is 4.42 Å². The Morgan fingerprint density at radius 2 is 2.00 bits per heavy atom. The van der Waals surface area contributed by atoms with Crippen LogP contribution in [0.25, 0.3) is 10.9 Å². The second-order valence-electron chi connectivity index (χ2n) is 8.59. The Kier molecular flexibility index (Phi) is 4.84. The number of fused-ring (bicyclic) bond motifs is 1. The van der Waals surface area contributed by atoms with E-state index in [1.54, 1.807) is 4.68 Å². The van der Waals surface area contributed by atoms with Crippen LogP contribution in [0.1, 0.15) is 43.1 Å². The van der Waals surface area contributed by atoms with Crippen molar-refractivity contribution in [3.63, 3.8) is 0 Å². The van der Waals surface area contributed by atoms with Gasteiger partial charge < -0.3 is 19.5 Å². The summed E-state index contributed by atoms with van der Waals surface area (Å²) in [5.41, 5.74) is 3.05. The molecule has 1 N–H and O–H groups in total. The molecule has 2 aliphatic heterocycles. The number of carbonyl (C=O) groups is 1. The smallest absolute Gasteiger partial charge is 0.297 e. The molecule has 0 bridgehead atoms. The van der Waals surface area contributed by atoms with Crippen LogP contribution in [0.15, 0.2) is 29.0 Å². The Labute approximate surface area is 175 Å². The van der Waals surface area contributed by atoms with Gasteiger partial charge in [0.15, 0.2) is 5.69 Å². The maximum atomic E-state index is 13.0. The number of aryl methyl sites for hydroxylation is 1. The molecule has 8 nitrogen and oxygen atoms in total. The van der Waals surface area contributed by atoms with E-state index in [2.05, 4.69) is 38.2 Å². The van der Waals surface area contributed by atoms with Gasteiger partial charge in [0.05, 0.1) is 16.9 Å².